The number of carbonyl (C=O) groups excluding carboxylic acids is 2. The third-order valence-corrected chi connectivity index (χ3v) is 5.98. The molecule has 1 aromatic rings. The lowest BCUT2D eigenvalue weighted by Gasteiger charge is -2.42. The van der Waals surface area contributed by atoms with Crippen LogP contribution in [-0.4, -0.2) is 53.3 Å². The smallest absolute Gasteiger partial charge is 0.254 e. The summed E-state index contributed by atoms with van der Waals surface area (Å²) in [7, 11) is 0. The van der Waals surface area contributed by atoms with Gasteiger partial charge in [0, 0.05) is 47.3 Å². The van der Waals surface area contributed by atoms with Crippen molar-refractivity contribution in [3.8, 4) is 0 Å². The van der Waals surface area contributed by atoms with Crippen LogP contribution in [0.2, 0.25) is 10.0 Å². The number of nitrogens with two attached hydrogens (primary N) is 1. The molecule has 1 saturated heterocycles. The van der Waals surface area contributed by atoms with Crippen LogP contribution in [0.4, 0.5) is 0 Å². The molecule has 0 spiro atoms. The van der Waals surface area contributed by atoms with Crippen molar-refractivity contribution >= 4 is 35.0 Å². The maximum atomic E-state index is 12.9. The van der Waals surface area contributed by atoms with E-state index in [1.807, 2.05) is 11.8 Å². The lowest BCUT2D eigenvalue weighted by molar-refractivity contribution is -0.140. The molecular formula is C19H25Cl2N3O2. The first-order chi connectivity index (χ1) is 12.3. The van der Waals surface area contributed by atoms with Crippen molar-refractivity contribution in [2.24, 2.45) is 11.7 Å². The van der Waals surface area contributed by atoms with Gasteiger partial charge < -0.3 is 15.5 Å². The first kappa shape index (κ1) is 19.5. The molecule has 26 heavy (non-hydrogen) atoms. The Balaban J connectivity index is 1.62. The quantitative estimate of drug-likeness (QED) is 0.832. The molecule has 7 heteroatoms. The molecule has 2 unspecified atom stereocenters. The first-order valence-corrected chi connectivity index (χ1v) is 9.86. The standard InChI is InChI=1S/C19H25Cl2N3O2/c1-19(22)5-3-2-4-16(19)18(26)24-8-6-23(7-9-24)17(25)13-10-14(20)12-15(21)11-13/h10-12,16H,2-9,22H2,1H3. The normalized spacial score (nSPS) is 26.7. The van der Waals surface area contributed by atoms with E-state index in [0.29, 0.717) is 41.8 Å². The molecule has 2 N–H and O–H groups in total. The number of hydrogen-bond acceptors (Lipinski definition) is 3. The van der Waals surface area contributed by atoms with Crippen LogP contribution in [0.1, 0.15) is 43.0 Å². The Labute approximate surface area is 164 Å². The predicted octanol–water partition coefficient (Wildman–Crippen LogP) is 3.19. The molecule has 1 saturated carbocycles. The minimum Gasteiger partial charge on any atom is -0.339 e. The van der Waals surface area contributed by atoms with Gasteiger partial charge in [0.1, 0.15) is 0 Å². The molecule has 0 aromatic heterocycles. The van der Waals surface area contributed by atoms with Crippen molar-refractivity contribution in [3.63, 3.8) is 0 Å². The van der Waals surface area contributed by atoms with Crippen LogP contribution in [0.5, 0.6) is 0 Å². The summed E-state index contributed by atoms with van der Waals surface area (Å²) in [6.07, 6.45) is 3.88. The van der Waals surface area contributed by atoms with Crippen molar-refractivity contribution in [1.82, 2.24) is 9.80 Å². The summed E-state index contributed by atoms with van der Waals surface area (Å²) in [6, 6.07) is 4.84. The van der Waals surface area contributed by atoms with Gasteiger partial charge in [-0.15, -0.1) is 0 Å². The van der Waals surface area contributed by atoms with Crippen molar-refractivity contribution in [2.75, 3.05) is 26.2 Å². The number of amides is 2. The summed E-state index contributed by atoms with van der Waals surface area (Å²) < 4.78 is 0. The molecule has 1 aromatic carbocycles. The van der Waals surface area contributed by atoms with Crippen molar-refractivity contribution in [3.05, 3.63) is 33.8 Å². The number of piperazine rings is 1. The van der Waals surface area contributed by atoms with Gasteiger partial charge >= 0.3 is 0 Å². The summed E-state index contributed by atoms with van der Waals surface area (Å²) in [5.41, 5.74) is 6.42. The van der Waals surface area contributed by atoms with Gasteiger partial charge in [-0.1, -0.05) is 36.0 Å². The zero-order chi connectivity index (χ0) is 18.9. The van der Waals surface area contributed by atoms with E-state index in [2.05, 4.69) is 0 Å². The fourth-order valence-corrected chi connectivity index (χ4v) is 4.50. The lowest BCUT2D eigenvalue weighted by Crippen LogP contribution is -2.57. The first-order valence-electron chi connectivity index (χ1n) is 9.11. The van der Waals surface area contributed by atoms with Gasteiger partial charge in [0.15, 0.2) is 0 Å². The molecule has 1 aliphatic carbocycles. The fourth-order valence-electron chi connectivity index (χ4n) is 3.97. The molecule has 2 atom stereocenters. The van der Waals surface area contributed by atoms with Gasteiger partial charge in [-0.05, 0) is 38.0 Å². The van der Waals surface area contributed by atoms with Crippen molar-refractivity contribution in [1.29, 1.82) is 0 Å². The van der Waals surface area contributed by atoms with Crippen LogP contribution >= 0.6 is 23.2 Å². The number of nitrogens with zero attached hydrogens (tertiary/aromatic N) is 2. The Kier molecular flexibility index (Phi) is 5.80. The maximum absolute atomic E-state index is 12.9. The van der Waals surface area contributed by atoms with Gasteiger partial charge in [0.2, 0.25) is 5.91 Å². The average molecular weight is 398 g/mol. The Hall–Kier alpha value is -1.30. The molecule has 3 rings (SSSR count). The largest absolute Gasteiger partial charge is 0.339 e. The fraction of sp³-hybridized carbons (Fsp3) is 0.579. The lowest BCUT2D eigenvalue weighted by atomic mass is 9.74. The summed E-state index contributed by atoms with van der Waals surface area (Å²) in [5, 5.41) is 0.878. The van der Waals surface area contributed by atoms with Crippen LogP contribution in [0.15, 0.2) is 18.2 Å². The van der Waals surface area contributed by atoms with E-state index in [1.54, 1.807) is 23.1 Å². The summed E-state index contributed by atoms with van der Waals surface area (Å²) in [5.74, 6) is -0.0966. The number of hydrogen-bond donors (Lipinski definition) is 1. The third kappa shape index (κ3) is 4.16. The zero-order valence-corrected chi connectivity index (χ0v) is 16.5. The molecular weight excluding hydrogens is 373 g/mol. The van der Waals surface area contributed by atoms with E-state index in [9.17, 15) is 9.59 Å². The predicted molar refractivity (Wildman–Crippen MR) is 103 cm³/mol. The molecule has 1 heterocycles. The van der Waals surface area contributed by atoms with Gasteiger partial charge in [0.05, 0.1) is 5.92 Å². The monoisotopic (exact) mass is 397 g/mol. The highest BCUT2D eigenvalue weighted by Gasteiger charge is 2.40. The summed E-state index contributed by atoms with van der Waals surface area (Å²) in [4.78, 5) is 29.2. The Bertz CT molecular complexity index is 680. The maximum Gasteiger partial charge on any atom is 0.254 e. The number of rotatable bonds is 2. The number of benzene rings is 1. The van der Waals surface area contributed by atoms with Crippen LogP contribution < -0.4 is 5.73 Å². The molecule has 2 aliphatic rings. The number of carbonyl (C=O) groups is 2. The minimum atomic E-state index is -0.431. The second kappa shape index (κ2) is 7.75. The topological polar surface area (TPSA) is 66.6 Å². The second-order valence-electron chi connectivity index (χ2n) is 7.58. The highest BCUT2D eigenvalue weighted by atomic mass is 35.5. The van der Waals surface area contributed by atoms with E-state index >= 15 is 0 Å². The highest BCUT2D eigenvalue weighted by Crippen LogP contribution is 2.33. The second-order valence-corrected chi connectivity index (χ2v) is 8.45. The highest BCUT2D eigenvalue weighted by molar-refractivity contribution is 6.35. The Morgan fingerprint density at radius 3 is 2.19 bits per heavy atom. The van der Waals surface area contributed by atoms with Gasteiger partial charge in [0.25, 0.3) is 5.91 Å². The molecule has 142 valence electrons. The zero-order valence-electron chi connectivity index (χ0n) is 15.0. The third-order valence-electron chi connectivity index (χ3n) is 5.54. The van der Waals surface area contributed by atoms with Gasteiger partial charge in [-0.2, -0.15) is 0 Å². The molecule has 0 bridgehead atoms. The van der Waals surface area contributed by atoms with Crippen LogP contribution in [0.25, 0.3) is 0 Å². The molecule has 2 fully saturated rings. The molecule has 5 nitrogen and oxygen atoms in total. The SMILES string of the molecule is CC1(N)CCCCC1C(=O)N1CCN(C(=O)c2cc(Cl)cc(Cl)c2)CC1. The summed E-state index contributed by atoms with van der Waals surface area (Å²) in [6.45, 7) is 4.06. The van der Waals surface area contributed by atoms with E-state index in [0.717, 1.165) is 25.7 Å². The van der Waals surface area contributed by atoms with E-state index in [1.165, 1.54) is 0 Å². The van der Waals surface area contributed by atoms with Crippen LogP contribution in [0, 0.1) is 5.92 Å². The number of halogens is 2. The Morgan fingerprint density at radius 2 is 1.62 bits per heavy atom. The minimum absolute atomic E-state index is 0.108. The van der Waals surface area contributed by atoms with E-state index in [4.69, 9.17) is 28.9 Å². The Morgan fingerprint density at radius 1 is 1.04 bits per heavy atom. The molecule has 2 amide bonds. The van der Waals surface area contributed by atoms with Gasteiger partial charge in [-0.3, -0.25) is 9.59 Å². The molecule has 1 aliphatic heterocycles. The van der Waals surface area contributed by atoms with Crippen molar-refractivity contribution in [2.45, 2.75) is 38.1 Å². The van der Waals surface area contributed by atoms with Crippen LogP contribution in [0.3, 0.4) is 0 Å². The molecule has 0 radical (unpaired) electrons. The van der Waals surface area contributed by atoms with Crippen molar-refractivity contribution < 1.29 is 9.59 Å². The van der Waals surface area contributed by atoms with Crippen LogP contribution in [-0.2, 0) is 4.79 Å². The average Bonchev–Trinajstić information content (AvgIpc) is 2.59. The summed E-state index contributed by atoms with van der Waals surface area (Å²) >= 11 is 12.0. The van der Waals surface area contributed by atoms with E-state index in [-0.39, 0.29) is 17.7 Å². The van der Waals surface area contributed by atoms with Gasteiger partial charge in [-0.25, -0.2) is 0 Å². The van der Waals surface area contributed by atoms with E-state index < -0.39 is 5.54 Å².